The molecule has 0 aliphatic carbocycles. The minimum atomic E-state index is -0.0539. The van der Waals surface area contributed by atoms with Crippen LogP contribution in [0.15, 0.2) is 30.3 Å². The van der Waals surface area contributed by atoms with Crippen LogP contribution in [0.3, 0.4) is 0 Å². The first-order chi connectivity index (χ1) is 9.56. The maximum Gasteiger partial charge on any atom is 0.224 e. The van der Waals surface area contributed by atoms with Gasteiger partial charge >= 0.3 is 0 Å². The van der Waals surface area contributed by atoms with Crippen molar-refractivity contribution in [2.45, 2.75) is 19.8 Å². The fourth-order valence-corrected chi connectivity index (χ4v) is 2.26. The second-order valence-corrected chi connectivity index (χ2v) is 4.83. The first-order valence-corrected chi connectivity index (χ1v) is 6.67. The van der Waals surface area contributed by atoms with Crippen molar-refractivity contribution in [1.29, 1.82) is 0 Å². The van der Waals surface area contributed by atoms with Gasteiger partial charge in [-0.05, 0) is 25.5 Å². The Morgan fingerprint density at radius 2 is 2.10 bits per heavy atom. The van der Waals surface area contributed by atoms with Gasteiger partial charge in [-0.15, -0.1) is 0 Å². The molecule has 0 atom stereocenters. The average Bonchev–Trinajstić information content (AvgIpc) is 2.38. The van der Waals surface area contributed by atoms with E-state index in [0.717, 1.165) is 16.9 Å². The third-order valence-electron chi connectivity index (χ3n) is 2.91. The van der Waals surface area contributed by atoms with Gasteiger partial charge in [-0.25, -0.2) is 4.98 Å². The summed E-state index contributed by atoms with van der Waals surface area (Å²) in [5, 5.41) is 2.83. The quantitative estimate of drug-likeness (QED) is 0.755. The monoisotopic (exact) mass is 288 g/mol. The van der Waals surface area contributed by atoms with E-state index in [2.05, 4.69) is 15.3 Å². The molecule has 6 heteroatoms. The molecule has 2 aromatic rings. The molecular weight excluding hydrogens is 272 g/mol. The summed E-state index contributed by atoms with van der Waals surface area (Å²) in [6, 6.07) is 9.35. The van der Waals surface area contributed by atoms with Crippen LogP contribution in [0.1, 0.15) is 17.7 Å². The van der Waals surface area contributed by atoms with Crippen molar-refractivity contribution in [2.24, 2.45) is 0 Å². The van der Waals surface area contributed by atoms with Gasteiger partial charge in [-0.1, -0.05) is 30.4 Å². The van der Waals surface area contributed by atoms with Gasteiger partial charge in [0, 0.05) is 23.4 Å². The van der Waals surface area contributed by atoms with Crippen LogP contribution in [0.4, 0.5) is 11.6 Å². The summed E-state index contributed by atoms with van der Waals surface area (Å²) in [4.78, 5) is 18.8. The number of nitrogens with one attached hydrogen (secondary N) is 2. The van der Waals surface area contributed by atoms with Crippen LogP contribution in [0.2, 0.25) is 0 Å². The van der Waals surface area contributed by atoms with Gasteiger partial charge < -0.3 is 16.0 Å². The second-order valence-electron chi connectivity index (χ2n) is 4.44. The molecule has 0 radical (unpaired) electrons. The molecule has 0 aliphatic heterocycles. The number of H-pyrrole nitrogens is 1. The number of hydrogen-bond donors (Lipinski definition) is 3. The molecule has 1 heterocycles. The first-order valence-electron chi connectivity index (χ1n) is 6.26. The molecule has 104 valence electrons. The number of carbonyl (C=O) groups is 1. The number of amides is 1. The largest absolute Gasteiger partial charge is 0.369 e. The Morgan fingerprint density at radius 3 is 2.75 bits per heavy atom. The van der Waals surface area contributed by atoms with Crippen LogP contribution >= 0.6 is 12.2 Å². The zero-order chi connectivity index (χ0) is 14.5. The number of hydrogen-bond acceptors (Lipinski definition) is 4. The number of para-hydroxylation sites is 1. The Hall–Kier alpha value is -2.21. The highest BCUT2D eigenvalue weighted by atomic mass is 32.1. The Bertz CT molecular complexity index is 667. The van der Waals surface area contributed by atoms with E-state index in [1.54, 1.807) is 0 Å². The lowest BCUT2D eigenvalue weighted by Gasteiger charge is -2.08. The van der Waals surface area contributed by atoms with E-state index in [4.69, 9.17) is 18.0 Å². The van der Waals surface area contributed by atoms with Crippen LogP contribution in [0, 0.1) is 11.6 Å². The van der Waals surface area contributed by atoms with Crippen molar-refractivity contribution in [1.82, 2.24) is 9.97 Å². The van der Waals surface area contributed by atoms with Crippen molar-refractivity contribution < 1.29 is 4.79 Å². The highest BCUT2D eigenvalue weighted by Gasteiger charge is 2.08. The average molecular weight is 288 g/mol. The van der Waals surface area contributed by atoms with Gasteiger partial charge in [0.05, 0.1) is 0 Å². The molecule has 0 spiro atoms. The molecule has 0 saturated heterocycles. The number of nitrogens with zero attached hydrogens (tertiary/aromatic N) is 1. The topological polar surface area (TPSA) is 83.8 Å². The van der Waals surface area contributed by atoms with E-state index in [9.17, 15) is 4.79 Å². The van der Waals surface area contributed by atoms with Crippen LogP contribution in [0.5, 0.6) is 0 Å². The van der Waals surface area contributed by atoms with Crippen molar-refractivity contribution in [2.75, 3.05) is 11.1 Å². The maximum atomic E-state index is 11.9. The number of carbonyl (C=O) groups excluding carboxylic acids is 1. The number of benzene rings is 1. The molecule has 1 aromatic heterocycles. The Morgan fingerprint density at radius 1 is 1.40 bits per heavy atom. The molecule has 4 N–H and O–H groups in total. The van der Waals surface area contributed by atoms with Gasteiger partial charge in [-0.3, -0.25) is 4.79 Å². The van der Waals surface area contributed by atoms with Crippen LogP contribution in [0.25, 0.3) is 0 Å². The van der Waals surface area contributed by atoms with Gasteiger partial charge in [-0.2, -0.15) is 0 Å². The third kappa shape index (κ3) is 3.64. The number of nitrogen functional groups attached to an aromatic ring is 1. The second kappa shape index (κ2) is 6.29. The Balaban J connectivity index is 1.99. The zero-order valence-electron chi connectivity index (χ0n) is 11.1. The van der Waals surface area contributed by atoms with E-state index in [0.29, 0.717) is 23.4 Å². The molecular formula is C14H16N4OS. The predicted molar refractivity (Wildman–Crippen MR) is 82.0 cm³/mol. The molecule has 2 rings (SSSR count). The highest BCUT2D eigenvalue weighted by molar-refractivity contribution is 7.71. The van der Waals surface area contributed by atoms with E-state index in [-0.39, 0.29) is 5.91 Å². The lowest BCUT2D eigenvalue weighted by molar-refractivity contribution is -0.116. The van der Waals surface area contributed by atoms with Gasteiger partial charge in [0.15, 0.2) is 5.95 Å². The van der Waals surface area contributed by atoms with Crippen molar-refractivity contribution >= 4 is 29.8 Å². The molecule has 0 unspecified atom stereocenters. The van der Waals surface area contributed by atoms with Crippen molar-refractivity contribution in [3.8, 4) is 0 Å². The summed E-state index contributed by atoms with van der Waals surface area (Å²) in [6.07, 6.45) is 0.881. The highest BCUT2D eigenvalue weighted by Crippen LogP contribution is 2.12. The number of anilines is 2. The number of nitrogens with two attached hydrogens (primary N) is 1. The lowest BCUT2D eigenvalue weighted by Crippen LogP contribution is -2.13. The standard InChI is InChI=1S/C14H16N4OS/c1-9-11(13(20)18-14(15)16-9)7-8-12(19)17-10-5-3-2-4-6-10/h2-6H,7-8H2,1H3,(H,17,19)(H3,15,16,18,20). The summed E-state index contributed by atoms with van der Waals surface area (Å²) in [7, 11) is 0. The predicted octanol–water partition coefficient (Wildman–Crippen LogP) is 2.60. The zero-order valence-corrected chi connectivity index (χ0v) is 12.0. The summed E-state index contributed by atoms with van der Waals surface area (Å²) in [5.41, 5.74) is 8.08. The molecule has 5 nitrogen and oxygen atoms in total. The molecule has 0 fully saturated rings. The fourth-order valence-electron chi connectivity index (χ4n) is 1.91. The number of aromatic nitrogens is 2. The van der Waals surface area contributed by atoms with Gasteiger partial charge in [0.2, 0.25) is 5.91 Å². The molecule has 1 aromatic carbocycles. The summed E-state index contributed by atoms with van der Waals surface area (Å²) >= 11 is 5.17. The Kier molecular flexibility index (Phi) is 4.47. The maximum absolute atomic E-state index is 11.9. The van der Waals surface area contributed by atoms with Crippen LogP contribution in [-0.4, -0.2) is 15.9 Å². The molecule has 0 saturated carbocycles. The summed E-state index contributed by atoms with van der Waals surface area (Å²) < 4.78 is 0.450. The van der Waals surface area contributed by atoms with Crippen molar-refractivity contribution in [3.63, 3.8) is 0 Å². The molecule has 20 heavy (non-hydrogen) atoms. The smallest absolute Gasteiger partial charge is 0.224 e. The molecule has 1 amide bonds. The SMILES string of the molecule is Cc1[nH]c(N)nc(=S)c1CCC(=O)Nc1ccccc1. The van der Waals surface area contributed by atoms with Gasteiger partial charge in [0.1, 0.15) is 4.64 Å². The minimum absolute atomic E-state index is 0.0539. The third-order valence-corrected chi connectivity index (χ3v) is 3.25. The van der Waals surface area contributed by atoms with Crippen LogP contribution < -0.4 is 11.1 Å². The minimum Gasteiger partial charge on any atom is -0.369 e. The fraction of sp³-hybridized carbons (Fsp3) is 0.214. The number of aryl methyl sites for hydroxylation is 1. The number of rotatable bonds is 4. The molecule has 0 aliphatic rings. The lowest BCUT2D eigenvalue weighted by atomic mass is 10.1. The van der Waals surface area contributed by atoms with Crippen molar-refractivity contribution in [3.05, 3.63) is 46.2 Å². The molecule has 0 bridgehead atoms. The summed E-state index contributed by atoms with van der Waals surface area (Å²) in [6.45, 7) is 1.87. The first kappa shape index (κ1) is 14.2. The Labute approximate surface area is 122 Å². The van der Waals surface area contributed by atoms with E-state index in [1.165, 1.54) is 0 Å². The van der Waals surface area contributed by atoms with E-state index in [1.807, 2.05) is 37.3 Å². The van der Waals surface area contributed by atoms with Crippen LogP contribution in [-0.2, 0) is 11.2 Å². The van der Waals surface area contributed by atoms with Gasteiger partial charge in [0.25, 0.3) is 0 Å². The van der Waals surface area contributed by atoms with E-state index >= 15 is 0 Å². The summed E-state index contributed by atoms with van der Waals surface area (Å²) in [5.74, 6) is 0.242. The normalized spacial score (nSPS) is 10.2. The number of aromatic amines is 1. The van der Waals surface area contributed by atoms with E-state index < -0.39 is 0 Å².